The lowest BCUT2D eigenvalue weighted by Crippen LogP contribution is -2.22. The van der Waals surface area contributed by atoms with Crippen LogP contribution < -0.4 is 0 Å². The van der Waals surface area contributed by atoms with Crippen molar-refractivity contribution in [3.05, 3.63) is 87.9 Å². The van der Waals surface area contributed by atoms with Gasteiger partial charge in [0, 0.05) is 21.6 Å². The molecule has 0 spiro atoms. The fourth-order valence-electron chi connectivity index (χ4n) is 3.09. The lowest BCUT2D eigenvalue weighted by Gasteiger charge is -2.21. The van der Waals surface area contributed by atoms with Crippen molar-refractivity contribution in [3.8, 4) is 11.1 Å². The number of hydrogen-bond donors (Lipinski definition) is 1. The minimum absolute atomic E-state index is 0.186. The molecule has 1 aliphatic carbocycles. The Morgan fingerprint density at radius 2 is 1.29 bits per heavy atom. The Balaban J connectivity index is 2.03. The highest BCUT2D eigenvalue weighted by atomic mass is 35.5. The van der Waals surface area contributed by atoms with Crippen LogP contribution in [0.3, 0.4) is 0 Å². The molecule has 116 valence electrons. The SMILES string of the molecule is O=C1c2ccc(S)c(Cl)c2C(=O)c2cccc(-c3ccccc3)c21. The van der Waals surface area contributed by atoms with E-state index in [4.69, 9.17) is 11.6 Å². The summed E-state index contributed by atoms with van der Waals surface area (Å²) in [6, 6.07) is 18.2. The Kier molecular flexibility index (Phi) is 3.56. The zero-order valence-electron chi connectivity index (χ0n) is 12.4. The van der Waals surface area contributed by atoms with Gasteiger partial charge >= 0.3 is 0 Å². The number of benzene rings is 3. The van der Waals surface area contributed by atoms with Crippen LogP contribution in [-0.2, 0) is 0 Å². The van der Waals surface area contributed by atoms with Crippen molar-refractivity contribution in [2.75, 3.05) is 0 Å². The average molecular weight is 351 g/mol. The molecular weight excluding hydrogens is 340 g/mol. The topological polar surface area (TPSA) is 34.1 Å². The predicted molar refractivity (Wildman–Crippen MR) is 97.4 cm³/mol. The summed E-state index contributed by atoms with van der Waals surface area (Å²) in [6.07, 6.45) is 0. The van der Waals surface area contributed by atoms with E-state index >= 15 is 0 Å². The molecule has 0 heterocycles. The van der Waals surface area contributed by atoms with Gasteiger partial charge in [0.2, 0.25) is 0 Å². The molecule has 0 atom stereocenters. The van der Waals surface area contributed by atoms with Gasteiger partial charge in [-0.3, -0.25) is 9.59 Å². The Morgan fingerprint density at radius 1 is 0.667 bits per heavy atom. The molecule has 0 N–H and O–H groups in total. The van der Waals surface area contributed by atoms with E-state index in [1.54, 1.807) is 24.3 Å². The number of thiol groups is 1. The van der Waals surface area contributed by atoms with Crippen molar-refractivity contribution in [2.24, 2.45) is 0 Å². The highest BCUT2D eigenvalue weighted by molar-refractivity contribution is 7.80. The summed E-state index contributed by atoms with van der Waals surface area (Å²) >= 11 is 10.5. The van der Waals surface area contributed by atoms with E-state index in [1.807, 2.05) is 36.4 Å². The van der Waals surface area contributed by atoms with E-state index in [0.29, 0.717) is 21.6 Å². The molecule has 3 aromatic rings. The second-order valence-electron chi connectivity index (χ2n) is 5.57. The number of rotatable bonds is 1. The van der Waals surface area contributed by atoms with Crippen LogP contribution in [0.15, 0.2) is 65.6 Å². The summed E-state index contributed by atoms with van der Waals surface area (Å²) in [5.41, 5.74) is 3.04. The third-order valence-corrected chi connectivity index (χ3v) is 5.11. The quantitative estimate of drug-likeness (QED) is 0.486. The zero-order valence-corrected chi connectivity index (χ0v) is 14.1. The van der Waals surface area contributed by atoms with Crippen LogP contribution in [0.25, 0.3) is 11.1 Å². The normalized spacial score (nSPS) is 12.8. The molecule has 0 fully saturated rings. The van der Waals surface area contributed by atoms with Crippen molar-refractivity contribution in [1.82, 2.24) is 0 Å². The van der Waals surface area contributed by atoms with Crippen molar-refractivity contribution in [2.45, 2.75) is 4.90 Å². The summed E-state index contributed by atoms with van der Waals surface area (Å²) in [5.74, 6) is -0.424. The number of ketones is 2. The lowest BCUT2D eigenvalue weighted by molar-refractivity contribution is 0.0979. The van der Waals surface area contributed by atoms with E-state index < -0.39 is 0 Å². The summed E-state index contributed by atoms with van der Waals surface area (Å²) < 4.78 is 0. The zero-order chi connectivity index (χ0) is 16.8. The van der Waals surface area contributed by atoms with E-state index in [9.17, 15) is 9.59 Å². The van der Waals surface area contributed by atoms with Crippen LogP contribution in [0.4, 0.5) is 0 Å². The van der Waals surface area contributed by atoms with Gasteiger partial charge in [0.1, 0.15) is 0 Å². The molecule has 0 amide bonds. The maximum absolute atomic E-state index is 13.1. The maximum Gasteiger partial charge on any atom is 0.196 e. The van der Waals surface area contributed by atoms with Crippen LogP contribution in [0.2, 0.25) is 5.02 Å². The van der Waals surface area contributed by atoms with Crippen molar-refractivity contribution >= 4 is 35.8 Å². The van der Waals surface area contributed by atoms with E-state index in [1.165, 1.54) is 0 Å². The molecule has 24 heavy (non-hydrogen) atoms. The molecule has 0 saturated carbocycles. The van der Waals surface area contributed by atoms with Gasteiger partial charge in [-0.1, -0.05) is 60.1 Å². The average Bonchev–Trinajstić information content (AvgIpc) is 2.62. The number of carbonyl (C=O) groups excluding carboxylic acids is 2. The first kappa shape index (κ1) is 15.2. The molecule has 0 aromatic heterocycles. The minimum Gasteiger partial charge on any atom is -0.289 e. The Labute approximate surface area is 149 Å². The largest absolute Gasteiger partial charge is 0.289 e. The van der Waals surface area contributed by atoms with Gasteiger partial charge < -0.3 is 0 Å². The van der Waals surface area contributed by atoms with Gasteiger partial charge in [0.05, 0.1) is 10.6 Å². The van der Waals surface area contributed by atoms with Gasteiger partial charge in [-0.05, 0) is 23.3 Å². The second-order valence-corrected chi connectivity index (χ2v) is 6.43. The second kappa shape index (κ2) is 5.62. The van der Waals surface area contributed by atoms with Gasteiger partial charge in [-0.25, -0.2) is 0 Å². The summed E-state index contributed by atoms with van der Waals surface area (Å²) in [5, 5.41) is 0.227. The predicted octanol–water partition coefficient (Wildman–Crippen LogP) is 5.07. The first-order chi connectivity index (χ1) is 11.6. The van der Waals surface area contributed by atoms with E-state index in [-0.39, 0.29) is 22.2 Å². The molecular formula is C20H11ClO2S. The molecule has 1 aliphatic rings. The highest BCUT2D eigenvalue weighted by Gasteiger charge is 2.33. The van der Waals surface area contributed by atoms with Crippen molar-refractivity contribution < 1.29 is 9.59 Å². The third-order valence-electron chi connectivity index (χ3n) is 4.21. The van der Waals surface area contributed by atoms with E-state index in [2.05, 4.69) is 12.6 Å². The lowest BCUT2D eigenvalue weighted by atomic mass is 9.80. The first-order valence-electron chi connectivity index (χ1n) is 7.39. The van der Waals surface area contributed by atoms with Gasteiger partial charge in [-0.2, -0.15) is 0 Å². The van der Waals surface area contributed by atoms with Crippen molar-refractivity contribution in [3.63, 3.8) is 0 Å². The maximum atomic E-state index is 13.1. The number of carbonyl (C=O) groups is 2. The molecule has 0 aliphatic heterocycles. The third kappa shape index (κ3) is 2.13. The monoisotopic (exact) mass is 350 g/mol. The highest BCUT2D eigenvalue weighted by Crippen LogP contribution is 2.38. The molecule has 2 nitrogen and oxygen atoms in total. The van der Waals surface area contributed by atoms with Crippen molar-refractivity contribution in [1.29, 1.82) is 0 Å². The van der Waals surface area contributed by atoms with Crippen LogP contribution in [-0.4, -0.2) is 11.6 Å². The summed E-state index contributed by atoms with van der Waals surface area (Å²) in [6.45, 7) is 0. The van der Waals surface area contributed by atoms with Crippen LogP contribution in [0.1, 0.15) is 31.8 Å². The number of fused-ring (bicyclic) bond motifs is 2. The first-order valence-corrected chi connectivity index (χ1v) is 8.21. The van der Waals surface area contributed by atoms with Gasteiger partial charge in [0.25, 0.3) is 0 Å². The molecule has 4 heteroatoms. The smallest absolute Gasteiger partial charge is 0.196 e. The fourth-order valence-corrected chi connectivity index (χ4v) is 3.53. The summed E-state index contributed by atoms with van der Waals surface area (Å²) in [4.78, 5) is 26.5. The molecule has 0 saturated heterocycles. The van der Waals surface area contributed by atoms with Gasteiger partial charge in [0.15, 0.2) is 11.6 Å². The Bertz CT molecular complexity index is 1010. The molecule has 4 rings (SSSR count). The molecule has 3 aromatic carbocycles. The van der Waals surface area contributed by atoms with Crippen LogP contribution in [0, 0.1) is 0 Å². The van der Waals surface area contributed by atoms with Crippen LogP contribution >= 0.6 is 24.2 Å². The number of halogens is 1. The molecule has 0 radical (unpaired) electrons. The Morgan fingerprint density at radius 3 is 2.04 bits per heavy atom. The standard InChI is InChI=1S/C20H11ClO2S/c21-18-15(24)10-9-14-17(18)20(23)13-8-4-7-12(16(13)19(14)22)11-5-2-1-3-6-11/h1-10,24H. The fraction of sp³-hybridized carbons (Fsp3) is 0. The molecule has 0 unspecified atom stereocenters. The van der Waals surface area contributed by atoms with E-state index in [0.717, 1.165) is 11.1 Å². The number of hydrogen-bond acceptors (Lipinski definition) is 3. The minimum atomic E-state index is -0.238. The Hall–Kier alpha value is -2.36. The summed E-state index contributed by atoms with van der Waals surface area (Å²) in [7, 11) is 0. The van der Waals surface area contributed by atoms with Gasteiger partial charge in [-0.15, -0.1) is 12.6 Å². The van der Waals surface area contributed by atoms with Crippen LogP contribution in [0.5, 0.6) is 0 Å². The molecule has 0 bridgehead atoms.